The smallest absolute Gasteiger partial charge is 0.226 e. The summed E-state index contributed by atoms with van der Waals surface area (Å²) in [5.41, 5.74) is 0. The van der Waals surface area contributed by atoms with Gasteiger partial charge in [-0.15, -0.1) is 0 Å². The Labute approximate surface area is 118 Å². The van der Waals surface area contributed by atoms with Gasteiger partial charge in [0.05, 0.1) is 0 Å². The van der Waals surface area contributed by atoms with E-state index in [4.69, 9.17) is 4.52 Å². The molecule has 1 atom stereocenters. The van der Waals surface area contributed by atoms with Crippen LogP contribution in [-0.2, 0) is 11.2 Å². The minimum absolute atomic E-state index is 0.332. The van der Waals surface area contributed by atoms with Crippen LogP contribution in [0.1, 0.15) is 56.2 Å². The van der Waals surface area contributed by atoms with E-state index >= 15 is 0 Å². The first-order valence-electron chi connectivity index (χ1n) is 7.91. The van der Waals surface area contributed by atoms with Crippen LogP contribution in [0.25, 0.3) is 0 Å². The van der Waals surface area contributed by atoms with Crippen LogP contribution < -0.4 is 0 Å². The Bertz CT molecular complexity index is 505. The van der Waals surface area contributed by atoms with Crippen molar-refractivity contribution in [1.29, 1.82) is 0 Å². The van der Waals surface area contributed by atoms with Crippen molar-refractivity contribution in [1.82, 2.24) is 15.0 Å². The molecule has 3 aliphatic rings. The molecule has 0 bridgehead atoms. The van der Waals surface area contributed by atoms with Crippen LogP contribution in [0, 0.1) is 11.8 Å². The zero-order chi connectivity index (χ0) is 13.5. The Morgan fingerprint density at radius 1 is 1.25 bits per heavy atom. The molecule has 0 radical (unpaired) electrons. The highest BCUT2D eigenvalue weighted by Gasteiger charge is 2.36. The summed E-state index contributed by atoms with van der Waals surface area (Å²) in [4.78, 5) is 18.7. The lowest BCUT2D eigenvalue weighted by molar-refractivity contribution is -0.134. The maximum Gasteiger partial charge on any atom is 0.226 e. The Morgan fingerprint density at radius 3 is 2.85 bits per heavy atom. The monoisotopic (exact) mass is 275 g/mol. The molecule has 0 spiro atoms. The predicted octanol–water partition coefficient (Wildman–Crippen LogP) is 2.14. The van der Waals surface area contributed by atoms with Gasteiger partial charge in [-0.1, -0.05) is 5.16 Å². The lowest BCUT2D eigenvalue weighted by Gasteiger charge is -2.32. The summed E-state index contributed by atoms with van der Waals surface area (Å²) in [6.07, 6.45) is 7.68. The molecule has 20 heavy (non-hydrogen) atoms. The number of hydrogen-bond acceptors (Lipinski definition) is 4. The first-order chi connectivity index (χ1) is 9.79. The van der Waals surface area contributed by atoms with Gasteiger partial charge >= 0.3 is 0 Å². The van der Waals surface area contributed by atoms with E-state index in [-0.39, 0.29) is 0 Å². The lowest BCUT2D eigenvalue weighted by atomic mass is 9.94. The molecule has 3 fully saturated rings. The van der Waals surface area contributed by atoms with E-state index < -0.39 is 0 Å². The molecule has 5 heteroatoms. The van der Waals surface area contributed by atoms with E-state index in [1.165, 1.54) is 12.8 Å². The van der Waals surface area contributed by atoms with Crippen LogP contribution >= 0.6 is 0 Å². The Morgan fingerprint density at radius 2 is 2.10 bits per heavy atom. The molecule has 0 unspecified atom stereocenters. The van der Waals surface area contributed by atoms with E-state index in [2.05, 4.69) is 15.0 Å². The number of carbonyl (C=O) groups excluding carboxylic acids is 1. The number of piperidine rings is 1. The van der Waals surface area contributed by atoms with Gasteiger partial charge in [0, 0.05) is 31.3 Å². The summed E-state index contributed by atoms with van der Waals surface area (Å²) in [6, 6.07) is 0. The normalized spacial score (nSPS) is 26.8. The van der Waals surface area contributed by atoms with E-state index in [1.807, 2.05) is 0 Å². The summed E-state index contributed by atoms with van der Waals surface area (Å²) in [5.74, 6) is 3.39. The summed E-state index contributed by atoms with van der Waals surface area (Å²) in [6.45, 7) is 1.81. The fourth-order valence-electron chi connectivity index (χ4n) is 3.13. The van der Waals surface area contributed by atoms with Gasteiger partial charge < -0.3 is 9.42 Å². The topological polar surface area (TPSA) is 59.2 Å². The molecule has 1 saturated heterocycles. The molecule has 0 aromatic carbocycles. The lowest BCUT2D eigenvalue weighted by Crippen LogP contribution is -2.41. The van der Waals surface area contributed by atoms with Crippen molar-refractivity contribution in [3.8, 4) is 0 Å². The summed E-state index contributed by atoms with van der Waals surface area (Å²) < 4.78 is 5.36. The molecule has 0 N–H and O–H groups in total. The number of nitrogens with zero attached hydrogens (tertiary/aromatic N) is 3. The molecule has 1 amide bonds. The van der Waals surface area contributed by atoms with Gasteiger partial charge in [-0.2, -0.15) is 4.98 Å². The molecular formula is C15H21N3O2. The van der Waals surface area contributed by atoms with Crippen molar-refractivity contribution >= 4 is 5.91 Å². The highest BCUT2D eigenvalue weighted by molar-refractivity contribution is 5.81. The zero-order valence-corrected chi connectivity index (χ0v) is 11.8. The Hall–Kier alpha value is -1.39. The largest absolute Gasteiger partial charge is 0.342 e. The quantitative estimate of drug-likeness (QED) is 0.844. The van der Waals surface area contributed by atoms with E-state index in [0.29, 0.717) is 23.7 Å². The molecule has 2 aliphatic carbocycles. The summed E-state index contributed by atoms with van der Waals surface area (Å²) in [5, 5.41) is 4.07. The van der Waals surface area contributed by atoms with Crippen molar-refractivity contribution in [2.75, 3.05) is 13.1 Å². The number of carbonyl (C=O) groups is 1. The first-order valence-corrected chi connectivity index (χ1v) is 7.91. The molecule has 1 aliphatic heterocycles. The van der Waals surface area contributed by atoms with Gasteiger partial charge in [0.1, 0.15) is 0 Å². The van der Waals surface area contributed by atoms with Crippen LogP contribution in [0.15, 0.2) is 4.52 Å². The van der Waals surface area contributed by atoms with E-state index in [9.17, 15) is 4.79 Å². The number of rotatable bonds is 4. The average Bonchev–Trinajstić information content (AvgIpc) is 3.37. The SMILES string of the molecule is O=C(C1CC1)N1CCC[C@H](Cc2nc(C3CC3)no2)C1. The number of amides is 1. The van der Waals surface area contributed by atoms with Crippen molar-refractivity contribution < 1.29 is 9.32 Å². The average molecular weight is 275 g/mol. The van der Waals surface area contributed by atoms with Crippen LogP contribution in [0.5, 0.6) is 0 Å². The van der Waals surface area contributed by atoms with Crippen LogP contribution in [0.4, 0.5) is 0 Å². The van der Waals surface area contributed by atoms with Crippen molar-refractivity contribution in [3.63, 3.8) is 0 Å². The summed E-state index contributed by atoms with van der Waals surface area (Å²) in [7, 11) is 0. The zero-order valence-electron chi connectivity index (χ0n) is 11.8. The molecule has 108 valence electrons. The highest BCUT2D eigenvalue weighted by Crippen LogP contribution is 2.38. The maximum atomic E-state index is 12.1. The number of hydrogen-bond donors (Lipinski definition) is 0. The molecule has 2 saturated carbocycles. The van der Waals surface area contributed by atoms with Gasteiger partial charge in [-0.25, -0.2) is 0 Å². The van der Waals surface area contributed by atoms with E-state index in [1.54, 1.807) is 0 Å². The Kier molecular flexibility index (Phi) is 3.00. The molecule has 1 aromatic rings. The van der Waals surface area contributed by atoms with Gasteiger partial charge in [-0.05, 0) is 44.4 Å². The third kappa shape index (κ3) is 2.58. The van der Waals surface area contributed by atoms with Crippen molar-refractivity contribution in [2.24, 2.45) is 11.8 Å². The molecule has 4 rings (SSSR count). The minimum Gasteiger partial charge on any atom is -0.342 e. The Balaban J connectivity index is 1.36. The van der Waals surface area contributed by atoms with Gasteiger partial charge in [0.2, 0.25) is 11.8 Å². The number of likely N-dealkylation sites (tertiary alicyclic amines) is 1. The van der Waals surface area contributed by atoms with E-state index in [0.717, 1.165) is 56.9 Å². The standard InChI is InChI=1S/C15H21N3O2/c19-15(12-5-6-12)18-7-1-2-10(9-18)8-13-16-14(17-20-13)11-3-4-11/h10-12H,1-9H2/t10-/m1/s1. The molecular weight excluding hydrogens is 254 g/mol. The predicted molar refractivity (Wildman–Crippen MR) is 72.0 cm³/mol. The second kappa shape index (κ2) is 4.86. The third-order valence-electron chi connectivity index (χ3n) is 4.65. The maximum absolute atomic E-state index is 12.1. The van der Waals surface area contributed by atoms with Crippen molar-refractivity contribution in [3.05, 3.63) is 11.7 Å². The van der Waals surface area contributed by atoms with Gasteiger partial charge in [0.25, 0.3) is 0 Å². The van der Waals surface area contributed by atoms with Gasteiger partial charge in [-0.3, -0.25) is 4.79 Å². The fraction of sp³-hybridized carbons (Fsp3) is 0.800. The highest BCUT2D eigenvalue weighted by atomic mass is 16.5. The summed E-state index contributed by atoms with van der Waals surface area (Å²) >= 11 is 0. The van der Waals surface area contributed by atoms with Crippen LogP contribution in [0.2, 0.25) is 0 Å². The first kappa shape index (κ1) is 12.4. The molecule has 2 heterocycles. The molecule has 5 nitrogen and oxygen atoms in total. The fourth-order valence-corrected chi connectivity index (χ4v) is 3.13. The van der Waals surface area contributed by atoms with Crippen LogP contribution in [0.3, 0.4) is 0 Å². The number of aromatic nitrogens is 2. The van der Waals surface area contributed by atoms with Gasteiger partial charge in [0.15, 0.2) is 5.82 Å². The molecule has 1 aromatic heterocycles. The third-order valence-corrected chi connectivity index (χ3v) is 4.65. The van der Waals surface area contributed by atoms with Crippen molar-refractivity contribution in [2.45, 2.75) is 50.9 Å². The second-order valence-electron chi connectivity index (χ2n) is 6.59. The minimum atomic E-state index is 0.332. The second-order valence-corrected chi connectivity index (χ2v) is 6.59. The van der Waals surface area contributed by atoms with Crippen LogP contribution in [-0.4, -0.2) is 34.0 Å².